The molecule has 0 fully saturated rings. The molecule has 16 heavy (non-hydrogen) atoms. The number of aryl methyl sites for hydroxylation is 2. The van der Waals surface area contributed by atoms with Gasteiger partial charge in [-0.15, -0.1) is 5.10 Å². The molecule has 1 aromatic carbocycles. The van der Waals surface area contributed by atoms with E-state index in [-0.39, 0.29) is 0 Å². The Morgan fingerprint density at radius 1 is 1.44 bits per heavy atom. The van der Waals surface area contributed by atoms with Gasteiger partial charge in [-0.05, 0) is 42.4 Å². The Hall–Kier alpha value is -1.49. The SMILES string of the molecule is CCc1nc(Sc2ccc(N)cc2C)n[nH]1. The Morgan fingerprint density at radius 3 is 2.88 bits per heavy atom. The van der Waals surface area contributed by atoms with Crippen molar-refractivity contribution in [3.05, 3.63) is 29.6 Å². The van der Waals surface area contributed by atoms with E-state index in [2.05, 4.69) is 15.2 Å². The van der Waals surface area contributed by atoms with Crippen LogP contribution in [0, 0.1) is 6.92 Å². The van der Waals surface area contributed by atoms with Crippen molar-refractivity contribution in [1.82, 2.24) is 15.2 Å². The number of rotatable bonds is 3. The minimum atomic E-state index is 0.754. The fourth-order valence-electron chi connectivity index (χ4n) is 1.37. The molecular weight excluding hydrogens is 220 g/mol. The van der Waals surface area contributed by atoms with Crippen molar-refractivity contribution in [2.45, 2.75) is 30.3 Å². The van der Waals surface area contributed by atoms with Crippen molar-refractivity contribution in [2.24, 2.45) is 0 Å². The molecule has 1 aromatic heterocycles. The van der Waals surface area contributed by atoms with Crippen LogP contribution in [0.3, 0.4) is 0 Å². The lowest BCUT2D eigenvalue weighted by atomic mass is 10.2. The average Bonchev–Trinajstić information content (AvgIpc) is 2.70. The van der Waals surface area contributed by atoms with E-state index in [0.717, 1.165) is 33.5 Å². The standard InChI is InChI=1S/C11H14N4S/c1-3-10-13-11(15-14-10)16-9-5-4-8(12)6-7(9)2/h4-6H,3,12H2,1-2H3,(H,13,14,15). The monoisotopic (exact) mass is 234 g/mol. The van der Waals surface area contributed by atoms with Crippen LogP contribution in [0.5, 0.6) is 0 Å². The van der Waals surface area contributed by atoms with E-state index in [0.29, 0.717) is 0 Å². The molecule has 2 aromatic rings. The van der Waals surface area contributed by atoms with E-state index in [1.165, 1.54) is 0 Å². The van der Waals surface area contributed by atoms with Crippen LogP contribution in [0.25, 0.3) is 0 Å². The molecule has 0 radical (unpaired) electrons. The Balaban J connectivity index is 2.20. The topological polar surface area (TPSA) is 67.6 Å². The van der Waals surface area contributed by atoms with Crippen LogP contribution in [-0.2, 0) is 6.42 Å². The maximum atomic E-state index is 5.70. The summed E-state index contributed by atoms with van der Waals surface area (Å²) in [5.74, 6) is 0.913. The summed E-state index contributed by atoms with van der Waals surface area (Å²) in [4.78, 5) is 5.49. The number of anilines is 1. The highest BCUT2D eigenvalue weighted by molar-refractivity contribution is 7.99. The predicted molar refractivity (Wildman–Crippen MR) is 65.5 cm³/mol. The smallest absolute Gasteiger partial charge is 0.213 e. The number of nitrogens with one attached hydrogen (secondary N) is 1. The number of nitrogen functional groups attached to an aromatic ring is 1. The minimum Gasteiger partial charge on any atom is -0.399 e. The zero-order chi connectivity index (χ0) is 11.5. The van der Waals surface area contributed by atoms with E-state index in [9.17, 15) is 0 Å². The number of H-pyrrole nitrogens is 1. The van der Waals surface area contributed by atoms with Gasteiger partial charge in [-0.25, -0.2) is 4.98 Å². The maximum absolute atomic E-state index is 5.70. The molecule has 0 atom stereocenters. The van der Waals surface area contributed by atoms with Gasteiger partial charge in [-0.1, -0.05) is 6.92 Å². The van der Waals surface area contributed by atoms with Crippen molar-refractivity contribution in [2.75, 3.05) is 5.73 Å². The van der Waals surface area contributed by atoms with Crippen LogP contribution < -0.4 is 5.73 Å². The maximum Gasteiger partial charge on any atom is 0.213 e. The van der Waals surface area contributed by atoms with E-state index in [1.54, 1.807) is 11.8 Å². The molecule has 0 amide bonds. The molecule has 0 saturated carbocycles. The molecule has 0 aliphatic rings. The van der Waals surface area contributed by atoms with Crippen molar-refractivity contribution in [1.29, 1.82) is 0 Å². The molecule has 0 bridgehead atoms. The summed E-state index contributed by atoms with van der Waals surface area (Å²) in [6, 6.07) is 5.84. The van der Waals surface area contributed by atoms with E-state index >= 15 is 0 Å². The molecule has 0 aliphatic heterocycles. The predicted octanol–water partition coefficient (Wildman–Crippen LogP) is 2.41. The quantitative estimate of drug-likeness (QED) is 0.800. The second-order valence-corrected chi connectivity index (χ2v) is 4.55. The Morgan fingerprint density at radius 2 is 2.25 bits per heavy atom. The van der Waals surface area contributed by atoms with Gasteiger partial charge in [0.15, 0.2) is 0 Å². The fourth-order valence-corrected chi connectivity index (χ4v) is 2.17. The molecule has 0 saturated heterocycles. The highest BCUT2D eigenvalue weighted by Gasteiger charge is 2.06. The Kier molecular flexibility index (Phi) is 3.14. The fraction of sp³-hybridized carbons (Fsp3) is 0.273. The zero-order valence-corrected chi connectivity index (χ0v) is 10.1. The molecule has 0 aliphatic carbocycles. The summed E-state index contributed by atoms with van der Waals surface area (Å²) < 4.78 is 0. The molecule has 5 heteroatoms. The first-order valence-corrected chi connectivity index (χ1v) is 5.96. The summed E-state index contributed by atoms with van der Waals surface area (Å²) in [5, 5.41) is 7.80. The zero-order valence-electron chi connectivity index (χ0n) is 9.32. The summed E-state index contributed by atoms with van der Waals surface area (Å²) in [5.41, 5.74) is 7.63. The van der Waals surface area contributed by atoms with Crippen LogP contribution in [0.15, 0.2) is 28.3 Å². The third-order valence-electron chi connectivity index (χ3n) is 2.25. The van der Waals surface area contributed by atoms with Crippen LogP contribution >= 0.6 is 11.8 Å². The molecule has 4 nitrogen and oxygen atoms in total. The molecule has 2 rings (SSSR count). The van der Waals surface area contributed by atoms with E-state index < -0.39 is 0 Å². The summed E-state index contributed by atoms with van der Waals surface area (Å²) in [6.45, 7) is 4.08. The lowest BCUT2D eigenvalue weighted by molar-refractivity contribution is 0.941. The highest BCUT2D eigenvalue weighted by atomic mass is 32.2. The lowest BCUT2D eigenvalue weighted by Crippen LogP contribution is -1.87. The van der Waals surface area contributed by atoms with Gasteiger partial charge in [-0.2, -0.15) is 0 Å². The normalized spacial score (nSPS) is 10.6. The Bertz CT molecular complexity index is 492. The largest absolute Gasteiger partial charge is 0.399 e. The van der Waals surface area contributed by atoms with Gasteiger partial charge < -0.3 is 5.73 Å². The van der Waals surface area contributed by atoms with Crippen molar-refractivity contribution < 1.29 is 0 Å². The first-order chi connectivity index (χ1) is 7.69. The summed E-state index contributed by atoms with van der Waals surface area (Å²) in [6.07, 6.45) is 0.869. The number of nitrogens with two attached hydrogens (primary N) is 1. The lowest BCUT2D eigenvalue weighted by Gasteiger charge is -2.03. The van der Waals surface area contributed by atoms with Crippen molar-refractivity contribution in [3.8, 4) is 0 Å². The molecular formula is C11H14N4S. The van der Waals surface area contributed by atoms with Crippen LogP contribution in [0.1, 0.15) is 18.3 Å². The van der Waals surface area contributed by atoms with Gasteiger partial charge >= 0.3 is 0 Å². The average molecular weight is 234 g/mol. The van der Waals surface area contributed by atoms with Crippen LogP contribution in [-0.4, -0.2) is 15.2 Å². The number of aromatic nitrogens is 3. The number of nitrogens with zero attached hydrogens (tertiary/aromatic N) is 2. The number of benzene rings is 1. The van der Waals surface area contributed by atoms with Crippen molar-refractivity contribution >= 4 is 17.4 Å². The Labute approximate surface area is 98.7 Å². The first-order valence-electron chi connectivity index (χ1n) is 5.14. The van der Waals surface area contributed by atoms with E-state index in [4.69, 9.17) is 5.73 Å². The van der Waals surface area contributed by atoms with Gasteiger partial charge in [0.05, 0.1) is 0 Å². The molecule has 3 N–H and O–H groups in total. The second kappa shape index (κ2) is 4.57. The van der Waals surface area contributed by atoms with Gasteiger partial charge in [0.25, 0.3) is 0 Å². The second-order valence-electron chi connectivity index (χ2n) is 3.55. The van der Waals surface area contributed by atoms with Crippen molar-refractivity contribution in [3.63, 3.8) is 0 Å². The number of hydrogen-bond donors (Lipinski definition) is 2. The first kappa shape index (κ1) is 11.0. The third kappa shape index (κ3) is 2.36. The third-order valence-corrected chi connectivity index (χ3v) is 3.29. The molecule has 84 valence electrons. The molecule has 1 heterocycles. The van der Waals surface area contributed by atoms with E-state index in [1.807, 2.05) is 32.0 Å². The molecule has 0 spiro atoms. The highest BCUT2D eigenvalue weighted by Crippen LogP contribution is 2.28. The summed E-state index contributed by atoms with van der Waals surface area (Å²) in [7, 11) is 0. The van der Waals surface area contributed by atoms with Crippen LogP contribution in [0.2, 0.25) is 0 Å². The number of aromatic amines is 1. The summed E-state index contributed by atoms with van der Waals surface area (Å²) >= 11 is 1.55. The molecule has 0 unspecified atom stereocenters. The minimum absolute atomic E-state index is 0.754. The van der Waals surface area contributed by atoms with Gasteiger partial charge in [0, 0.05) is 17.0 Å². The number of hydrogen-bond acceptors (Lipinski definition) is 4. The van der Waals surface area contributed by atoms with Gasteiger partial charge in [0.2, 0.25) is 5.16 Å². The van der Waals surface area contributed by atoms with Gasteiger partial charge in [-0.3, -0.25) is 5.10 Å². The van der Waals surface area contributed by atoms with Gasteiger partial charge in [0.1, 0.15) is 5.82 Å². The van der Waals surface area contributed by atoms with Crippen LogP contribution in [0.4, 0.5) is 5.69 Å².